The Morgan fingerprint density at radius 2 is 1.65 bits per heavy atom. The average molecular weight is 369 g/mol. The molecule has 0 unspecified atom stereocenters. The lowest BCUT2D eigenvalue weighted by molar-refractivity contribution is 0.0600. The van der Waals surface area contributed by atoms with Crippen molar-refractivity contribution in [3.8, 4) is 0 Å². The van der Waals surface area contributed by atoms with Gasteiger partial charge in [-0.2, -0.15) is 0 Å². The molecular formula is C20H19NO4S. The Labute approximate surface area is 152 Å². The van der Waals surface area contributed by atoms with E-state index in [1.807, 2.05) is 24.3 Å². The van der Waals surface area contributed by atoms with E-state index in [1.54, 1.807) is 37.3 Å². The number of carbonyl (C=O) groups is 1. The fourth-order valence-corrected chi connectivity index (χ4v) is 4.10. The molecule has 0 aliphatic carbocycles. The quantitative estimate of drug-likeness (QED) is 0.657. The molecule has 0 fully saturated rings. The summed E-state index contributed by atoms with van der Waals surface area (Å²) >= 11 is 0. The van der Waals surface area contributed by atoms with Crippen LogP contribution in [0.15, 0.2) is 65.6 Å². The second-order valence-electron chi connectivity index (χ2n) is 5.97. The number of hydrogen-bond donors (Lipinski definition) is 0. The molecule has 0 atom stereocenters. The molecule has 3 aromatic carbocycles. The molecule has 0 spiro atoms. The molecule has 0 aliphatic rings. The lowest BCUT2D eigenvalue weighted by Crippen LogP contribution is -2.27. The number of rotatable bonds is 4. The molecule has 3 aromatic rings. The van der Waals surface area contributed by atoms with E-state index in [4.69, 9.17) is 4.74 Å². The Morgan fingerprint density at radius 3 is 2.35 bits per heavy atom. The molecule has 0 saturated heterocycles. The van der Waals surface area contributed by atoms with Crippen molar-refractivity contribution >= 4 is 32.5 Å². The zero-order valence-electron chi connectivity index (χ0n) is 14.8. The second kappa shape index (κ2) is 6.80. The Morgan fingerprint density at radius 1 is 0.962 bits per heavy atom. The third kappa shape index (κ3) is 3.15. The molecule has 3 rings (SSSR count). The van der Waals surface area contributed by atoms with Gasteiger partial charge in [0, 0.05) is 7.05 Å². The first kappa shape index (κ1) is 17.9. The van der Waals surface area contributed by atoms with Crippen molar-refractivity contribution in [1.29, 1.82) is 0 Å². The predicted molar refractivity (Wildman–Crippen MR) is 102 cm³/mol. The van der Waals surface area contributed by atoms with Gasteiger partial charge >= 0.3 is 5.97 Å². The van der Waals surface area contributed by atoms with Crippen LogP contribution in [-0.2, 0) is 14.8 Å². The van der Waals surface area contributed by atoms with Gasteiger partial charge in [0.05, 0.1) is 23.3 Å². The minimum absolute atomic E-state index is 0.196. The van der Waals surface area contributed by atoms with Gasteiger partial charge in [0.25, 0.3) is 10.0 Å². The van der Waals surface area contributed by atoms with E-state index in [1.165, 1.54) is 24.5 Å². The SMILES string of the molecule is COC(=O)c1ccc(C)c(N(C)S(=O)(=O)c2ccc3ccccc3c2)c1. The molecular weight excluding hydrogens is 350 g/mol. The third-order valence-electron chi connectivity index (χ3n) is 4.35. The summed E-state index contributed by atoms with van der Waals surface area (Å²) < 4.78 is 32.1. The molecule has 0 amide bonds. The molecule has 5 nitrogen and oxygen atoms in total. The first-order valence-electron chi connectivity index (χ1n) is 8.01. The topological polar surface area (TPSA) is 63.7 Å². The van der Waals surface area contributed by atoms with Crippen LogP contribution in [0, 0.1) is 6.92 Å². The maximum Gasteiger partial charge on any atom is 0.337 e. The van der Waals surface area contributed by atoms with E-state index >= 15 is 0 Å². The van der Waals surface area contributed by atoms with Crippen LogP contribution in [0.5, 0.6) is 0 Å². The smallest absolute Gasteiger partial charge is 0.337 e. The maximum absolute atomic E-state index is 13.1. The highest BCUT2D eigenvalue weighted by Crippen LogP contribution is 2.28. The minimum atomic E-state index is -3.77. The molecule has 0 N–H and O–H groups in total. The van der Waals surface area contributed by atoms with Crippen LogP contribution in [0.1, 0.15) is 15.9 Å². The lowest BCUT2D eigenvalue weighted by atomic mass is 10.1. The van der Waals surface area contributed by atoms with Gasteiger partial charge in [-0.25, -0.2) is 13.2 Å². The molecule has 26 heavy (non-hydrogen) atoms. The number of nitrogens with zero attached hydrogens (tertiary/aromatic N) is 1. The van der Waals surface area contributed by atoms with Crippen LogP contribution < -0.4 is 4.31 Å². The fraction of sp³-hybridized carbons (Fsp3) is 0.150. The van der Waals surface area contributed by atoms with E-state index < -0.39 is 16.0 Å². The Bertz CT molecular complexity index is 1090. The zero-order valence-corrected chi connectivity index (χ0v) is 15.6. The van der Waals surface area contributed by atoms with Crippen molar-refractivity contribution in [2.75, 3.05) is 18.5 Å². The van der Waals surface area contributed by atoms with Crippen LogP contribution in [0.2, 0.25) is 0 Å². The van der Waals surface area contributed by atoms with Gasteiger partial charge in [0.15, 0.2) is 0 Å². The van der Waals surface area contributed by atoms with Crippen molar-refractivity contribution < 1.29 is 17.9 Å². The Balaban J connectivity index is 2.07. The Hall–Kier alpha value is -2.86. The van der Waals surface area contributed by atoms with E-state index in [-0.39, 0.29) is 4.90 Å². The van der Waals surface area contributed by atoms with E-state index in [0.717, 1.165) is 16.3 Å². The highest BCUT2D eigenvalue weighted by atomic mass is 32.2. The van der Waals surface area contributed by atoms with Crippen LogP contribution in [0.25, 0.3) is 10.8 Å². The summed E-state index contributed by atoms with van der Waals surface area (Å²) in [7, 11) is -1.00. The average Bonchev–Trinajstić information content (AvgIpc) is 2.66. The van der Waals surface area contributed by atoms with Crippen LogP contribution >= 0.6 is 0 Å². The van der Waals surface area contributed by atoms with E-state index in [0.29, 0.717) is 11.3 Å². The van der Waals surface area contributed by atoms with Gasteiger partial charge in [-0.1, -0.05) is 36.4 Å². The van der Waals surface area contributed by atoms with E-state index in [2.05, 4.69) is 0 Å². The summed E-state index contributed by atoms with van der Waals surface area (Å²) in [4.78, 5) is 12.0. The number of sulfonamides is 1. The first-order chi connectivity index (χ1) is 12.3. The summed E-state index contributed by atoms with van der Waals surface area (Å²) in [5.41, 5.74) is 1.47. The van der Waals surface area contributed by atoms with E-state index in [9.17, 15) is 13.2 Å². The van der Waals surface area contributed by atoms with Crippen LogP contribution in [0.3, 0.4) is 0 Å². The van der Waals surface area contributed by atoms with Gasteiger partial charge in [-0.05, 0) is 47.5 Å². The number of hydrogen-bond acceptors (Lipinski definition) is 4. The molecule has 0 radical (unpaired) electrons. The first-order valence-corrected chi connectivity index (χ1v) is 9.45. The molecule has 0 saturated carbocycles. The second-order valence-corrected chi connectivity index (χ2v) is 7.94. The minimum Gasteiger partial charge on any atom is -0.465 e. The summed E-state index contributed by atoms with van der Waals surface area (Å²) in [6, 6.07) is 17.4. The molecule has 0 heterocycles. The normalized spacial score (nSPS) is 11.3. The molecule has 0 aromatic heterocycles. The highest BCUT2D eigenvalue weighted by molar-refractivity contribution is 7.92. The number of anilines is 1. The van der Waals surface area contributed by atoms with Crippen molar-refractivity contribution in [3.63, 3.8) is 0 Å². The largest absolute Gasteiger partial charge is 0.465 e. The van der Waals surface area contributed by atoms with Crippen molar-refractivity contribution in [3.05, 3.63) is 71.8 Å². The molecule has 134 valence electrons. The standard InChI is InChI=1S/C20H19NO4S/c1-14-8-9-17(20(22)25-3)13-19(14)21(2)26(23,24)18-11-10-15-6-4-5-7-16(15)12-18/h4-13H,1-3H3. The van der Waals surface area contributed by atoms with Gasteiger partial charge in [-0.15, -0.1) is 0 Å². The van der Waals surface area contributed by atoms with Crippen molar-refractivity contribution in [2.45, 2.75) is 11.8 Å². The predicted octanol–water partition coefficient (Wildman–Crippen LogP) is 3.76. The zero-order chi connectivity index (χ0) is 18.9. The third-order valence-corrected chi connectivity index (χ3v) is 6.12. The lowest BCUT2D eigenvalue weighted by Gasteiger charge is -2.22. The summed E-state index contributed by atoms with van der Waals surface area (Å²) in [6.07, 6.45) is 0. The molecule has 6 heteroatoms. The number of aryl methyl sites for hydroxylation is 1. The summed E-state index contributed by atoms with van der Waals surface area (Å²) in [6.45, 7) is 1.79. The van der Waals surface area contributed by atoms with Crippen LogP contribution in [0.4, 0.5) is 5.69 Å². The number of benzene rings is 3. The number of methoxy groups -OCH3 is 1. The fourth-order valence-electron chi connectivity index (χ4n) is 2.81. The maximum atomic E-state index is 13.1. The Kier molecular flexibility index (Phi) is 4.70. The van der Waals surface area contributed by atoms with Gasteiger partial charge < -0.3 is 4.74 Å². The number of ether oxygens (including phenoxy) is 1. The number of fused-ring (bicyclic) bond motifs is 1. The summed E-state index contributed by atoms with van der Waals surface area (Å²) in [5, 5.41) is 1.82. The van der Waals surface area contributed by atoms with Crippen LogP contribution in [-0.4, -0.2) is 28.5 Å². The molecule has 0 bridgehead atoms. The summed E-state index contributed by atoms with van der Waals surface area (Å²) in [5.74, 6) is -0.511. The van der Waals surface area contributed by atoms with Crippen molar-refractivity contribution in [2.24, 2.45) is 0 Å². The number of esters is 1. The highest BCUT2D eigenvalue weighted by Gasteiger charge is 2.23. The number of carbonyl (C=O) groups excluding carboxylic acids is 1. The van der Waals surface area contributed by atoms with Crippen molar-refractivity contribution in [1.82, 2.24) is 0 Å². The molecule has 0 aliphatic heterocycles. The van der Waals surface area contributed by atoms with Gasteiger partial charge in [0.2, 0.25) is 0 Å². The van der Waals surface area contributed by atoms with Gasteiger partial charge in [-0.3, -0.25) is 4.31 Å². The van der Waals surface area contributed by atoms with Gasteiger partial charge in [0.1, 0.15) is 0 Å². The monoisotopic (exact) mass is 369 g/mol.